The number of halogens is 2. The summed E-state index contributed by atoms with van der Waals surface area (Å²) in [7, 11) is 0. The molecular formula is C25H23Cl2N3O. The molecule has 0 aliphatic heterocycles. The molecule has 0 spiro atoms. The van der Waals surface area contributed by atoms with Gasteiger partial charge in [0.15, 0.2) is 0 Å². The van der Waals surface area contributed by atoms with E-state index in [1.165, 1.54) is 0 Å². The third-order valence-electron chi connectivity index (χ3n) is 5.39. The number of aromatic nitrogens is 2. The fraction of sp³-hybridized carbons (Fsp3) is 0.200. The normalized spacial score (nSPS) is 12.1. The molecule has 0 aliphatic carbocycles. The first-order valence-corrected chi connectivity index (χ1v) is 10.9. The van der Waals surface area contributed by atoms with Crippen LogP contribution in [0.4, 0.5) is 0 Å². The highest BCUT2D eigenvalue weighted by molar-refractivity contribution is 6.42. The van der Waals surface area contributed by atoms with E-state index in [0.29, 0.717) is 23.0 Å². The molecule has 0 fully saturated rings. The van der Waals surface area contributed by atoms with Crippen LogP contribution >= 0.6 is 23.2 Å². The number of hydrogen-bond donors (Lipinski definition) is 1. The molecule has 1 N–H and O–H groups in total. The number of imidazole rings is 1. The molecule has 1 heterocycles. The van der Waals surface area contributed by atoms with Crippen LogP contribution in [0.5, 0.6) is 0 Å². The monoisotopic (exact) mass is 451 g/mol. The highest BCUT2D eigenvalue weighted by Gasteiger charge is 2.19. The second kappa shape index (κ2) is 9.13. The van der Waals surface area contributed by atoms with E-state index < -0.39 is 0 Å². The molecule has 158 valence electrons. The lowest BCUT2D eigenvalue weighted by molar-refractivity contribution is -0.121. The van der Waals surface area contributed by atoms with Crippen molar-refractivity contribution in [2.24, 2.45) is 0 Å². The highest BCUT2D eigenvalue weighted by atomic mass is 35.5. The Labute approximate surface area is 191 Å². The first-order valence-electron chi connectivity index (χ1n) is 10.2. The lowest BCUT2D eigenvalue weighted by Crippen LogP contribution is -2.30. The lowest BCUT2D eigenvalue weighted by Gasteiger charge is -2.17. The lowest BCUT2D eigenvalue weighted by atomic mass is 10.1. The molecule has 1 unspecified atom stereocenters. The Morgan fingerprint density at radius 1 is 1.03 bits per heavy atom. The largest absolute Gasteiger partial charge is 0.346 e. The fourth-order valence-electron chi connectivity index (χ4n) is 3.75. The van der Waals surface area contributed by atoms with Crippen LogP contribution in [-0.4, -0.2) is 15.5 Å². The zero-order chi connectivity index (χ0) is 22.0. The van der Waals surface area contributed by atoms with Gasteiger partial charge < -0.3 is 9.88 Å². The molecule has 0 bridgehead atoms. The van der Waals surface area contributed by atoms with Gasteiger partial charge in [-0.1, -0.05) is 65.7 Å². The van der Waals surface area contributed by atoms with Crippen LogP contribution in [-0.2, 0) is 17.8 Å². The van der Waals surface area contributed by atoms with Crippen molar-refractivity contribution in [1.82, 2.24) is 14.9 Å². The smallest absolute Gasteiger partial charge is 0.225 e. The maximum atomic E-state index is 12.7. The predicted octanol–water partition coefficient (Wildman–Crippen LogP) is 6.12. The molecule has 31 heavy (non-hydrogen) atoms. The summed E-state index contributed by atoms with van der Waals surface area (Å²) in [5, 5.41) is 4.15. The zero-order valence-corrected chi connectivity index (χ0v) is 18.9. The van der Waals surface area contributed by atoms with E-state index in [-0.39, 0.29) is 11.9 Å². The maximum absolute atomic E-state index is 12.7. The number of nitrogens with one attached hydrogen (secondary N) is 1. The quantitative estimate of drug-likeness (QED) is 0.383. The van der Waals surface area contributed by atoms with Gasteiger partial charge in [0.1, 0.15) is 5.82 Å². The van der Waals surface area contributed by atoms with Crippen LogP contribution in [0.1, 0.15) is 35.5 Å². The highest BCUT2D eigenvalue weighted by Crippen LogP contribution is 2.26. The third kappa shape index (κ3) is 4.76. The van der Waals surface area contributed by atoms with Crippen LogP contribution < -0.4 is 5.32 Å². The first kappa shape index (κ1) is 21.4. The molecule has 1 atom stereocenters. The molecule has 4 aromatic rings. The molecule has 0 saturated carbocycles. The number of amides is 1. The van der Waals surface area contributed by atoms with Crippen LogP contribution in [0, 0.1) is 6.92 Å². The minimum absolute atomic E-state index is 0.0325. The molecule has 4 nitrogen and oxygen atoms in total. The summed E-state index contributed by atoms with van der Waals surface area (Å²) in [6.45, 7) is 4.55. The van der Waals surface area contributed by atoms with E-state index >= 15 is 0 Å². The molecule has 0 aliphatic rings. The number of para-hydroxylation sites is 2. The van der Waals surface area contributed by atoms with Gasteiger partial charge in [0.2, 0.25) is 5.91 Å². The van der Waals surface area contributed by atoms with Crippen LogP contribution in [0.15, 0.2) is 66.7 Å². The van der Waals surface area contributed by atoms with E-state index in [1.807, 2.05) is 74.5 Å². The average molecular weight is 452 g/mol. The number of benzene rings is 3. The number of rotatable bonds is 6. The van der Waals surface area contributed by atoms with Crippen LogP contribution in [0.3, 0.4) is 0 Å². The van der Waals surface area contributed by atoms with Gasteiger partial charge in [-0.05, 0) is 54.8 Å². The van der Waals surface area contributed by atoms with Gasteiger partial charge in [-0.25, -0.2) is 4.98 Å². The Hall–Kier alpha value is -2.82. The molecule has 3 aromatic carbocycles. The summed E-state index contributed by atoms with van der Waals surface area (Å²) in [5.41, 5.74) is 5.03. The summed E-state index contributed by atoms with van der Waals surface area (Å²) >= 11 is 12.3. The second-order valence-electron chi connectivity index (χ2n) is 7.69. The van der Waals surface area contributed by atoms with Gasteiger partial charge in [-0.2, -0.15) is 0 Å². The fourth-order valence-corrected chi connectivity index (χ4v) is 4.07. The average Bonchev–Trinajstić information content (AvgIpc) is 3.11. The molecule has 6 heteroatoms. The molecule has 0 saturated heterocycles. The van der Waals surface area contributed by atoms with Gasteiger partial charge in [0.05, 0.1) is 33.5 Å². The van der Waals surface area contributed by atoms with Crippen molar-refractivity contribution in [3.8, 4) is 0 Å². The Morgan fingerprint density at radius 2 is 1.77 bits per heavy atom. The Kier molecular flexibility index (Phi) is 6.30. The van der Waals surface area contributed by atoms with Crippen molar-refractivity contribution in [1.29, 1.82) is 0 Å². The van der Waals surface area contributed by atoms with Crippen LogP contribution in [0.2, 0.25) is 10.0 Å². The Balaban J connectivity index is 1.61. The standard InChI is InChI=1S/C25H23Cl2N3O/c1-16-7-3-4-8-19(16)14-24(31)28-17(2)25-29-22-9-5-6-10-23(22)30(25)15-18-11-12-20(26)21(27)13-18/h3-13,17H,14-15H2,1-2H3,(H,28,31). The number of carbonyl (C=O) groups is 1. The van der Waals surface area contributed by atoms with Gasteiger partial charge in [-0.3, -0.25) is 4.79 Å². The summed E-state index contributed by atoms with van der Waals surface area (Å²) in [5.74, 6) is 0.764. The van der Waals surface area contributed by atoms with Crippen molar-refractivity contribution in [3.63, 3.8) is 0 Å². The molecule has 4 rings (SSSR count). The van der Waals surface area contributed by atoms with Gasteiger partial charge in [0.25, 0.3) is 0 Å². The molecule has 1 amide bonds. The predicted molar refractivity (Wildman–Crippen MR) is 127 cm³/mol. The zero-order valence-electron chi connectivity index (χ0n) is 17.4. The van der Waals surface area contributed by atoms with E-state index in [1.54, 1.807) is 6.07 Å². The van der Waals surface area contributed by atoms with Crippen molar-refractivity contribution in [2.75, 3.05) is 0 Å². The molecule has 0 radical (unpaired) electrons. The first-order chi connectivity index (χ1) is 14.9. The summed E-state index contributed by atoms with van der Waals surface area (Å²) in [4.78, 5) is 17.6. The number of fused-ring (bicyclic) bond motifs is 1. The van der Waals surface area contributed by atoms with Crippen molar-refractivity contribution in [2.45, 2.75) is 32.9 Å². The number of aryl methyl sites for hydroxylation is 1. The van der Waals surface area contributed by atoms with Gasteiger partial charge in [0, 0.05) is 6.54 Å². The topological polar surface area (TPSA) is 46.9 Å². The van der Waals surface area contributed by atoms with Crippen molar-refractivity contribution < 1.29 is 4.79 Å². The van der Waals surface area contributed by atoms with E-state index in [4.69, 9.17) is 28.2 Å². The minimum atomic E-state index is -0.258. The summed E-state index contributed by atoms with van der Waals surface area (Å²) in [6.07, 6.45) is 0.337. The van der Waals surface area contributed by atoms with E-state index in [0.717, 1.165) is 33.5 Å². The number of carbonyl (C=O) groups excluding carboxylic acids is 1. The van der Waals surface area contributed by atoms with Crippen molar-refractivity contribution >= 4 is 40.1 Å². The minimum Gasteiger partial charge on any atom is -0.346 e. The molecule has 1 aromatic heterocycles. The SMILES string of the molecule is Cc1ccccc1CC(=O)NC(C)c1nc2ccccc2n1Cc1ccc(Cl)c(Cl)c1. The third-order valence-corrected chi connectivity index (χ3v) is 6.12. The second-order valence-corrected chi connectivity index (χ2v) is 8.50. The maximum Gasteiger partial charge on any atom is 0.225 e. The van der Waals surface area contributed by atoms with Crippen LogP contribution in [0.25, 0.3) is 11.0 Å². The number of nitrogens with zero attached hydrogens (tertiary/aromatic N) is 2. The summed E-state index contributed by atoms with van der Waals surface area (Å²) < 4.78 is 2.12. The Morgan fingerprint density at radius 3 is 2.55 bits per heavy atom. The Bertz CT molecular complexity index is 1250. The van der Waals surface area contributed by atoms with Gasteiger partial charge in [-0.15, -0.1) is 0 Å². The van der Waals surface area contributed by atoms with Gasteiger partial charge >= 0.3 is 0 Å². The van der Waals surface area contributed by atoms with E-state index in [2.05, 4.69) is 9.88 Å². The van der Waals surface area contributed by atoms with E-state index in [9.17, 15) is 4.79 Å². The van der Waals surface area contributed by atoms with Crippen molar-refractivity contribution in [3.05, 3.63) is 99.3 Å². The molecular weight excluding hydrogens is 429 g/mol. The number of hydrogen-bond acceptors (Lipinski definition) is 2. The summed E-state index contributed by atoms with van der Waals surface area (Å²) in [6, 6.07) is 21.2.